The van der Waals surface area contributed by atoms with Gasteiger partial charge in [-0.25, -0.2) is 0 Å². The Balaban J connectivity index is 0.00000261. The summed E-state index contributed by atoms with van der Waals surface area (Å²) in [5.41, 5.74) is 2.08. The van der Waals surface area contributed by atoms with Gasteiger partial charge in [-0.3, -0.25) is 4.79 Å². The van der Waals surface area contributed by atoms with Gasteiger partial charge in [-0.15, -0.1) is 12.4 Å². The lowest BCUT2D eigenvalue weighted by Crippen LogP contribution is -2.34. The van der Waals surface area contributed by atoms with Crippen molar-refractivity contribution in [3.05, 3.63) is 59.7 Å². The van der Waals surface area contributed by atoms with E-state index in [0.717, 1.165) is 23.6 Å². The molecule has 0 unspecified atom stereocenters. The molecule has 27 heavy (non-hydrogen) atoms. The lowest BCUT2D eigenvalue weighted by molar-refractivity contribution is -0.120. The normalized spacial score (nSPS) is 12.8. The second-order valence-electron chi connectivity index (χ2n) is 6.61. The van der Waals surface area contributed by atoms with Crippen LogP contribution >= 0.6 is 12.4 Å². The van der Waals surface area contributed by atoms with Crippen molar-refractivity contribution in [2.75, 3.05) is 20.2 Å². The van der Waals surface area contributed by atoms with Gasteiger partial charge in [0, 0.05) is 6.54 Å². The van der Waals surface area contributed by atoms with Gasteiger partial charge >= 0.3 is 0 Å². The summed E-state index contributed by atoms with van der Waals surface area (Å²) in [5.74, 6) is 2.14. The van der Waals surface area contributed by atoms with Crippen molar-refractivity contribution >= 4 is 18.3 Å². The first-order valence-electron chi connectivity index (χ1n) is 9.05. The highest BCUT2D eigenvalue weighted by atomic mass is 35.5. The number of nitrogens with one attached hydrogen (secondary N) is 2. The number of amides is 1. The van der Waals surface area contributed by atoms with Gasteiger partial charge in [0.15, 0.2) is 11.5 Å². The molecule has 1 aliphatic rings. The zero-order chi connectivity index (χ0) is 18.2. The highest BCUT2D eigenvalue weighted by Crippen LogP contribution is 2.29. The summed E-state index contributed by atoms with van der Waals surface area (Å²) in [6.07, 6.45) is 2.57. The fourth-order valence-corrected chi connectivity index (χ4v) is 2.65. The molecule has 0 radical (unpaired) electrons. The molecular formula is C21H27ClN2O3. The Morgan fingerprint density at radius 3 is 2.56 bits per heavy atom. The highest BCUT2D eigenvalue weighted by Gasteiger charge is 2.20. The fourth-order valence-electron chi connectivity index (χ4n) is 2.65. The maximum atomic E-state index is 11.9. The van der Waals surface area contributed by atoms with Gasteiger partial charge in [0.25, 0.3) is 0 Å². The third kappa shape index (κ3) is 7.12. The van der Waals surface area contributed by atoms with E-state index in [1.54, 1.807) is 7.11 Å². The minimum Gasteiger partial charge on any atom is -0.493 e. The van der Waals surface area contributed by atoms with E-state index in [9.17, 15) is 4.79 Å². The van der Waals surface area contributed by atoms with Gasteiger partial charge in [-0.05, 0) is 48.6 Å². The van der Waals surface area contributed by atoms with Crippen LogP contribution in [0.2, 0.25) is 0 Å². The predicted octanol–water partition coefficient (Wildman–Crippen LogP) is 3.31. The van der Waals surface area contributed by atoms with E-state index in [1.165, 1.54) is 12.8 Å². The molecule has 146 valence electrons. The monoisotopic (exact) mass is 390 g/mol. The Kier molecular flexibility index (Phi) is 8.43. The molecule has 0 bridgehead atoms. The summed E-state index contributed by atoms with van der Waals surface area (Å²) >= 11 is 0. The van der Waals surface area contributed by atoms with Crippen molar-refractivity contribution in [3.8, 4) is 11.5 Å². The largest absolute Gasteiger partial charge is 0.493 e. The molecule has 1 fully saturated rings. The maximum Gasteiger partial charge on any atom is 0.234 e. The summed E-state index contributed by atoms with van der Waals surface area (Å²) < 4.78 is 11.3. The number of carbonyl (C=O) groups is 1. The third-order valence-electron chi connectivity index (χ3n) is 4.37. The first kappa shape index (κ1) is 21.1. The highest BCUT2D eigenvalue weighted by molar-refractivity contribution is 5.85. The number of hydrogen-bond donors (Lipinski definition) is 2. The van der Waals surface area contributed by atoms with Crippen LogP contribution in [0.3, 0.4) is 0 Å². The predicted molar refractivity (Wildman–Crippen MR) is 108 cm³/mol. The minimum atomic E-state index is 0. The molecule has 2 aromatic carbocycles. The number of carbonyl (C=O) groups excluding carboxylic acids is 1. The van der Waals surface area contributed by atoms with Gasteiger partial charge in [0.2, 0.25) is 5.91 Å². The van der Waals surface area contributed by atoms with Crippen LogP contribution in [0.15, 0.2) is 48.5 Å². The van der Waals surface area contributed by atoms with Crippen LogP contribution in [0.1, 0.15) is 24.0 Å². The van der Waals surface area contributed by atoms with Gasteiger partial charge in [-0.2, -0.15) is 0 Å². The molecule has 5 nitrogen and oxygen atoms in total. The number of hydrogen-bond acceptors (Lipinski definition) is 4. The average molecular weight is 391 g/mol. The van der Waals surface area contributed by atoms with Crippen LogP contribution in [0.25, 0.3) is 0 Å². The minimum absolute atomic E-state index is 0. The average Bonchev–Trinajstić information content (AvgIpc) is 3.50. The molecular weight excluding hydrogens is 364 g/mol. The standard InChI is InChI=1S/C21H26N2O3.ClH/c1-25-20-11-18(13-23-21(24)14-22-12-16-7-8-16)9-10-19(20)26-15-17-5-3-2-4-6-17;/h2-6,9-11,16,22H,7-8,12-15H2,1H3,(H,23,24);1H. The zero-order valence-corrected chi connectivity index (χ0v) is 16.4. The Morgan fingerprint density at radius 1 is 1.07 bits per heavy atom. The van der Waals surface area contributed by atoms with E-state index < -0.39 is 0 Å². The molecule has 3 rings (SSSR count). The molecule has 0 heterocycles. The summed E-state index contributed by atoms with van der Waals surface area (Å²) in [7, 11) is 1.62. The van der Waals surface area contributed by atoms with Gasteiger partial charge < -0.3 is 20.1 Å². The molecule has 0 aliphatic heterocycles. The second-order valence-corrected chi connectivity index (χ2v) is 6.61. The van der Waals surface area contributed by atoms with Crippen molar-refractivity contribution in [1.29, 1.82) is 0 Å². The first-order chi connectivity index (χ1) is 12.7. The summed E-state index contributed by atoms with van der Waals surface area (Å²) in [4.78, 5) is 11.9. The van der Waals surface area contributed by atoms with Crippen LogP contribution in [0.4, 0.5) is 0 Å². The molecule has 1 aliphatic carbocycles. The molecule has 0 saturated heterocycles. The smallest absolute Gasteiger partial charge is 0.234 e. The van der Waals surface area contributed by atoms with Crippen LogP contribution < -0.4 is 20.1 Å². The van der Waals surface area contributed by atoms with E-state index in [1.807, 2.05) is 48.5 Å². The fraction of sp³-hybridized carbons (Fsp3) is 0.381. The van der Waals surface area contributed by atoms with E-state index in [2.05, 4.69) is 10.6 Å². The van der Waals surface area contributed by atoms with Crippen LogP contribution in [-0.2, 0) is 17.9 Å². The van der Waals surface area contributed by atoms with Crippen LogP contribution in [0.5, 0.6) is 11.5 Å². The molecule has 1 saturated carbocycles. The van der Waals surface area contributed by atoms with Crippen molar-refractivity contribution in [3.63, 3.8) is 0 Å². The summed E-state index contributed by atoms with van der Waals surface area (Å²) in [6, 6.07) is 15.7. The lowest BCUT2D eigenvalue weighted by Gasteiger charge is -2.13. The number of benzene rings is 2. The van der Waals surface area contributed by atoms with Gasteiger partial charge in [0.05, 0.1) is 13.7 Å². The van der Waals surface area contributed by atoms with Crippen molar-refractivity contribution < 1.29 is 14.3 Å². The molecule has 2 N–H and O–H groups in total. The van der Waals surface area contributed by atoms with E-state index in [0.29, 0.717) is 31.2 Å². The molecule has 0 spiro atoms. The van der Waals surface area contributed by atoms with Gasteiger partial charge in [0.1, 0.15) is 6.61 Å². The summed E-state index contributed by atoms with van der Waals surface area (Å²) in [6.45, 7) is 2.26. The quantitative estimate of drug-likeness (QED) is 0.653. The molecule has 0 aromatic heterocycles. The first-order valence-corrected chi connectivity index (χ1v) is 9.05. The zero-order valence-electron chi connectivity index (χ0n) is 15.6. The number of rotatable bonds is 10. The second kappa shape index (κ2) is 10.8. The van der Waals surface area contributed by atoms with Crippen molar-refractivity contribution in [2.45, 2.75) is 26.0 Å². The SMILES string of the molecule is COc1cc(CNC(=O)CNCC2CC2)ccc1OCc1ccccc1.Cl. The molecule has 1 amide bonds. The summed E-state index contributed by atoms with van der Waals surface area (Å²) in [5, 5.41) is 6.11. The molecule has 2 aromatic rings. The Bertz CT molecular complexity index is 721. The molecule has 6 heteroatoms. The third-order valence-corrected chi connectivity index (χ3v) is 4.37. The number of ether oxygens (including phenoxy) is 2. The number of methoxy groups -OCH3 is 1. The Morgan fingerprint density at radius 2 is 1.85 bits per heavy atom. The van der Waals surface area contributed by atoms with Crippen LogP contribution in [0, 0.1) is 5.92 Å². The van der Waals surface area contributed by atoms with Gasteiger partial charge in [-0.1, -0.05) is 36.4 Å². The topological polar surface area (TPSA) is 59.6 Å². The Labute approximate surface area is 166 Å². The van der Waals surface area contributed by atoms with Crippen molar-refractivity contribution in [1.82, 2.24) is 10.6 Å². The van der Waals surface area contributed by atoms with E-state index >= 15 is 0 Å². The number of halogens is 1. The Hall–Kier alpha value is -2.24. The van der Waals surface area contributed by atoms with Crippen molar-refractivity contribution in [2.24, 2.45) is 5.92 Å². The molecule has 0 atom stereocenters. The lowest BCUT2D eigenvalue weighted by atomic mass is 10.2. The van der Waals surface area contributed by atoms with Crippen LogP contribution in [-0.4, -0.2) is 26.1 Å². The maximum absolute atomic E-state index is 11.9. The van der Waals surface area contributed by atoms with E-state index in [4.69, 9.17) is 9.47 Å². The van der Waals surface area contributed by atoms with E-state index in [-0.39, 0.29) is 18.3 Å².